The number of hydrogen-bond acceptors (Lipinski definition) is 6. The number of nitrogens with zero attached hydrogens (tertiary/aromatic N) is 7. The monoisotopic (exact) mass is 353 g/mol. The molecule has 0 bridgehead atoms. The van der Waals surface area contributed by atoms with Gasteiger partial charge in [-0.3, -0.25) is 9.48 Å². The molecule has 134 valence electrons. The van der Waals surface area contributed by atoms with Crippen LogP contribution in [-0.2, 0) is 24.3 Å². The highest BCUT2D eigenvalue weighted by Crippen LogP contribution is 2.19. The summed E-state index contributed by atoms with van der Waals surface area (Å²) in [5, 5.41) is 25.1. The lowest BCUT2D eigenvalue weighted by molar-refractivity contribution is -0.132. The molecule has 0 unspecified atom stereocenters. The quantitative estimate of drug-likeness (QED) is 0.733. The third-order valence-electron chi connectivity index (χ3n) is 4.50. The van der Waals surface area contributed by atoms with Crippen LogP contribution in [0.1, 0.15) is 30.0 Å². The van der Waals surface area contributed by atoms with Crippen LogP contribution in [0.25, 0.3) is 5.69 Å². The zero-order valence-corrected chi connectivity index (χ0v) is 14.4. The van der Waals surface area contributed by atoms with Crippen LogP contribution in [0.5, 0.6) is 0 Å². The van der Waals surface area contributed by atoms with Gasteiger partial charge in [-0.25, -0.2) is 4.68 Å². The fourth-order valence-electron chi connectivity index (χ4n) is 3.04. The molecule has 26 heavy (non-hydrogen) atoms. The van der Waals surface area contributed by atoms with Gasteiger partial charge in [-0.05, 0) is 41.1 Å². The van der Waals surface area contributed by atoms with Gasteiger partial charge in [0, 0.05) is 6.54 Å². The SMILES string of the molecule is C[C@@H](O)c1cc2n(n1)CCN(C(=O)Cc1ccc(-n3cnnn3)cc1)C2. The van der Waals surface area contributed by atoms with Crippen LogP contribution < -0.4 is 0 Å². The van der Waals surface area contributed by atoms with Crippen molar-refractivity contribution < 1.29 is 9.90 Å². The van der Waals surface area contributed by atoms with Crippen LogP contribution in [0.2, 0.25) is 0 Å². The maximum atomic E-state index is 12.6. The van der Waals surface area contributed by atoms with E-state index in [1.807, 2.05) is 39.9 Å². The van der Waals surface area contributed by atoms with E-state index in [0.717, 1.165) is 16.9 Å². The lowest BCUT2D eigenvalue weighted by atomic mass is 10.1. The van der Waals surface area contributed by atoms with Gasteiger partial charge < -0.3 is 10.0 Å². The second-order valence-corrected chi connectivity index (χ2v) is 6.37. The van der Waals surface area contributed by atoms with Crippen LogP contribution in [-0.4, -0.2) is 52.4 Å². The van der Waals surface area contributed by atoms with E-state index in [1.165, 1.54) is 6.33 Å². The summed E-state index contributed by atoms with van der Waals surface area (Å²) in [5.74, 6) is 0.0752. The van der Waals surface area contributed by atoms with Crippen LogP contribution in [0.15, 0.2) is 36.7 Å². The van der Waals surface area contributed by atoms with E-state index in [0.29, 0.717) is 31.7 Å². The minimum atomic E-state index is -0.601. The molecule has 0 spiro atoms. The summed E-state index contributed by atoms with van der Waals surface area (Å²) in [4.78, 5) is 14.5. The molecule has 2 aromatic heterocycles. The average Bonchev–Trinajstić information content (AvgIpc) is 3.31. The fourth-order valence-corrected chi connectivity index (χ4v) is 3.04. The summed E-state index contributed by atoms with van der Waals surface area (Å²) < 4.78 is 3.43. The number of hydrogen-bond donors (Lipinski definition) is 1. The smallest absolute Gasteiger partial charge is 0.227 e. The lowest BCUT2D eigenvalue weighted by Crippen LogP contribution is -2.39. The highest BCUT2D eigenvalue weighted by molar-refractivity contribution is 5.79. The number of carbonyl (C=O) groups is 1. The molecule has 0 fully saturated rings. The first-order chi connectivity index (χ1) is 12.6. The van der Waals surface area contributed by atoms with Gasteiger partial charge in [0.1, 0.15) is 6.33 Å². The largest absolute Gasteiger partial charge is 0.387 e. The van der Waals surface area contributed by atoms with Gasteiger partial charge in [0.05, 0.1) is 42.7 Å². The minimum Gasteiger partial charge on any atom is -0.387 e. The first-order valence-electron chi connectivity index (χ1n) is 8.45. The lowest BCUT2D eigenvalue weighted by Gasteiger charge is -2.27. The van der Waals surface area contributed by atoms with Crippen molar-refractivity contribution in [3.05, 3.63) is 53.6 Å². The highest BCUT2D eigenvalue weighted by Gasteiger charge is 2.23. The van der Waals surface area contributed by atoms with E-state index in [9.17, 15) is 9.90 Å². The second kappa shape index (κ2) is 6.68. The molecule has 1 N–H and O–H groups in total. The molecular weight excluding hydrogens is 334 g/mol. The molecule has 9 heteroatoms. The van der Waals surface area contributed by atoms with Gasteiger partial charge in [-0.1, -0.05) is 12.1 Å². The third kappa shape index (κ3) is 3.21. The van der Waals surface area contributed by atoms with Gasteiger partial charge in [-0.15, -0.1) is 5.10 Å². The maximum Gasteiger partial charge on any atom is 0.227 e. The van der Waals surface area contributed by atoms with E-state index in [-0.39, 0.29) is 5.91 Å². The molecule has 4 rings (SSSR count). The standard InChI is InChI=1S/C17H19N7O2/c1-12(25)16-9-15-10-22(6-7-23(15)19-16)17(26)8-13-2-4-14(5-3-13)24-11-18-20-21-24/h2-5,9,11-12,25H,6-8,10H2,1H3/t12-/m1/s1. The van der Waals surface area contributed by atoms with Crippen LogP contribution in [0, 0.1) is 0 Å². The molecule has 3 heterocycles. The summed E-state index contributed by atoms with van der Waals surface area (Å²) in [6, 6.07) is 9.46. The van der Waals surface area contributed by atoms with Gasteiger partial charge >= 0.3 is 0 Å². The highest BCUT2D eigenvalue weighted by atomic mass is 16.3. The summed E-state index contributed by atoms with van der Waals surface area (Å²) in [6.07, 6.45) is 1.27. The van der Waals surface area contributed by atoms with Crippen molar-refractivity contribution in [3.8, 4) is 5.69 Å². The number of benzene rings is 1. The molecule has 3 aromatic rings. The molecule has 0 saturated carbocycles. The van der Waals surface area contributed by atoms with E-state index < -0.39 is 6.10 Å². The van der Waals surface area contributed by atoms with E-state index in [2.05, 4.69) is 20.6 Å². The van der Waals surface area contributed by atoms with E-state index in [1.54, 1.807) is 11.6 Å². The van der Waals surface area contributed by atoms with Crippen LogP contribution >= 0.6 is 0 Å². The van der Waals surface area contributed by atoms with E-state index >= 15 is 0 Å². The van der Waals surface area contributed by atoms with Crippen molar-refractivity contribution in [2.45, 2.75) is 32.5 Å². The van der Waals surface area contributed by atoms with Gasteiger partial charge in [0.15, 0.2) is 0 Å². The number of aromatic nitrogens is 6. The Morgan fingerprint density at radius 1 is 1.27 bits per heavy atom. The summed E-state index contributed by atoms with van der Waals surface area (Å²) >= 11 is 0. The molecule has 1 aromatic carbocycles. The Morgan fingerprint density at radius 3 is 2.77 bits per heavy atom. The maximum absolute atomic E-state index is 12.6. The van der Waals surface area contributed by atoms with Crippen molar-refractivity contribution in [3.63, 3.8) is 0 Å². The molecule has 0 saturated heterocycles. The normalized spacial score (nSPS) is 14.9. The molecular formula is C17H19N7O2. The average molecular weight is 353 g/mol. The Hall–Kier alpha value is -3.07. The fraction of sp³-hybridized carbons (Fsp3) is 0.353. The second-order valence-electron chi connectivity index (χ2n) is 6.37. The van der Waals surface area contributed by atoms with Gasteiger partial charge in [0.25, 0.3) is 0 Å². The Morgan fingerprint density at radius 2 is 2.08 bits per heavy atom. The van der Waals surface area contributed by atoms with Crippen molar-refractivity contribution in [1.29, 1.82) is 0 Å². The first-order valence-corrected chi connectivity index (χ1v) is 8.45. The Kier molecular flexibility index (Phi) is 4.21. The number of fused-ring (bicyclic) bond motifs is 1. The predicted octanol–water partition coefficient (Wildman–Crippen LogP) is 0.497. The number of tetrazole rings is 1. The van der Waals surface area contributed by atoms with Crippen molar-refractivity contribution in [1.82, 2.24) is 34.9 Å². The zero-order valence-electron chi connectivity index (χ0n) is 14.4. The number of carbonyl (C=O) groups excluding carboxylic acids is 1. The number of aliphatic hydroxyl groups is 1. The minimum absolute atomic E-state index is 0.0752. The van der Waals surface area contributed by atoms with Crippen LogP contribution in [0.3, 0.4) is 0 Å². The Bertz CT molecular complexity index is 900. The Balaban J connectivity index is 1.42. The number of amides is 1. The summed E-state index contributed by atoms with van der Waals surface area (Å²) in [6.45, 7) is 3.47. The molecule has 1 aliphatic heterocycles. The third-order valence-corrected chi connectivity index (χ3v) is 4.50. The Labute approximate surface area is 149 Å². The van der Waals surface area contributed by atoms with Crippen molar-refractivity contribution in [2.24, 2.45) is 0 Å². The first kappa shape index (κ1) is 16.4. The number of rotatable bonds is 4. The molecule has 0 radical (unpaired) electrons. The van der Waals surface area contributed by atoms with Gasteiger partial charge in [-0.2, -0.15) is 5.10 Å². The molecule has 1 atom stereocenters. The summed E-state index contributed by atoms with van der Waals surface area (Å²) in [5.41, 5.74) is 3.39. The van der Waals surface area contributed by atoms with Crippen molar-refractivity contribution >= 4 is 5.91 Å². The van der Waals surface area contributed by atoms with E-state index in [4.69, 9.17) is 0 Å². The summed E-state index contributed by atoms with van der Waals surface area (Å²) in [7, 11) is 0. The van der Waals surface area contributed by atoms with Gasteiger partial charge in [0.2, 0.25) is 5.91 Å². The molecule has 1 aliphatic rings. The number of aliphatic hydroxyl groups excluding tert-OH is 1. The van der Waals surface area contributed by atoms with Crippen LogP contribution in [0.4, 0.5) is 0 Å². The molecule has 9 nitrogen and oxygen atoms in total. The molecule has 0 aliphatic carbocycles. The zero-order chi connectivity index (χ0) is 18.1. The topological polar surface area (TPSA) is 102 Å². The predicted molar refractivity (Wildman–Crippen MR) is 91.1 cm³/mol. The molecule has 1 amide bonds. The van der Waals surface area contributed by atoms with Crippen molar-refractivity contribution in [2.75, 3.05) is 6.54 Å².